The maximum atomic E-state index is 14.0. The van der Waals surface area contributed by atoms with E-state index in [0.717, 1.165) is 5.82 Å². The number of aromatic nitrogens is 3. The second-order valence-corrected chi connectivity index (χ2v) is 6.54. The summed E-state index contributed by atoms with van der Waals surface area (Å²) in [5.74, 6) is -2.32. The molecule has 0 N–H and O–H groups in total. The van der Waals surface area contributed by atoms with Crippen LogP contribution >= 0.6 is 11.6 Å². The average Bonchev–Trinajstić information content (AvgIpc) is 2.96. The van der Waals surface area contributed by atoms with Crippen molar-refractivity contribution >= 4 is 23.0 Å². The van der Waals surface area contributed by atoms with Gasteiger partial charge in [0.2, 0.25) is 5.91 Å². The Labute approximate surface area is 136 Å². The van der Waals surface area contributed by atoms with Crippen LogP contribution in [0.2, 0.25) is 5.15 Å². The van der Waals surface area contributed by atoms with Gasteiger partial charge in [-0.05, 0) is 12.8 Å². The van der Waals surface area contributed by atoms with Gasteiger partial charge in [0.25, 0.3) is 5.92 Å². The molecule has 5 nitrogen and oxygen atoms in total. The number of piperidine rings is 2. The molecule has 2 aliphatic rings. The second kappa shape index (κ2) is 5.12. The first-order valence-corrected chi connectivity index (χ1v) is 8.00. The van der Waals surface area contributed by atoms with Gasteiger partial charge in [-0.1, -0.05) is 11.6 Å². The number of fused-ring (bicyclic) bond motifs is 2. The fourth-order valence-corrected chi connectivity index (χ4v) is 3.89. The fraction of sp³-hybridized carbons (Fsp3) is 0.533. The largest absolute Gasteiger partial charge is 0.333 e. The van der Waals surface area contributed by atoms with Crippen LogP contribution in [0.4, 0.5) is 8.78 Å². The molecule has 0 saturated carbocycles. The highest BCUT2D eigenvalue weighted by atomic mass is 35.5. The summed E-state index contributed by atoms with van der Waals surface area (Å²) in [6, 6.07) is -0.975. The monoisotopic (exact) mass is 340 g/mol. The summed E-state index contributed by atoms with van der Waals surface area (Å²) in [6.45, 7) is 0.276. The molecule has 2 saturated heterocycles. The highest BCUT2D eigenvalue weighted by Gasteiger charge is 2.51. The minimum atomic E-state index is -2.79. The summed E-state index contributed by atoms with van der Waals surface area (Å²) in [6.07, 6.45) is 5.39. The summed E-state index contributed by atoms with van der Waals surface area (Å²) in [5.41, 5.74) is 0.682. The maximum absolute atomic E-state index is 14.0. The van der Waals surface area contributed by atoms with Gasteiger partial charge in [0, 0.05) is 37.7 Å². The van der Waals surface area contributed by atoms with Crippen LogP contribution in [0.15, 0.2) is 18.6 Å². The van der Waals surface area contributed by atoms with Gasteiger partial charge in [0.15, 0.2) is 5.15 Å². The number of nitrogens with zero attached hydrogens (tertiary/aromatic N) is 4. The van der Waals surface area contributed by atoms with Crippen LogP contribution in [0, 0.1) is 0 Å². The molecule has 122 valence electrons. The molecule has 23 heavy (non-hydrogen) atoms. The summed E-state index contributed by atoms with van der Waals surface area (Å²) in [4.78, 5) is 21.8. The van der Waals surface area contributed by atoms with Gasteiger partial charge in [-0.25, -0.2) is 18.7 Å². The van der Waals surface area contributed by atoms with Crippen LogP contribution in [0.3, 0.4) is 0 Å². The number of carbonyl (C=O) groups excluding carboxylic acids is 1. The molecule has 0 bridgehead atoms. The summed E-state index contributed by atoms with van der Waals surface area (Å²) < 4.78 is 29.9. The third-order valence-electron chi connectivity index (χ3n) is 4.87. The lowest BCUT2D eigenvalue weighted by Gasteiger charge is -2.45. The van der Waals surface area contributed by atoms with Gasteiger partial charge < -0.3 is 4.90 Å². The van der Waals surface area contributed by atoms with E-state index in [1.54, 1.807) is 18.6 Å². The fourth-order valence-electron chi connectivity index (χ4n) is 3.70. The van der Waals surface area contributed by atoms with Gasteiger partial charge in [-0.2, -0.15) is 0 Å². The first-order chi connectivity index (χ1) is 11.0. The van der Waals surface area contributed by atoms with Crippen LogP contribution < -0.4 is 0 Å². The molecule has 2 aromatic heterocycles. The number of halogens is 3. The van der Waals surface area contributed by atoms with Gasteiger partial charge in [-0.3, -0.25) is 9.20 Å². The van der Waals surface area contributed by atoms with Crippen LogP contribution in [-0.2, 0) is 4.79 Å². The van der Waals surface area contributed by atoms with Crippen LogP contribution in [-0.4, -0.2) is 43.7 Å². The van der Waals surface area contributed by atoms with E-state index >= 15 is 0 Å². The third kappa shape index (κ3) is 2.29. The van der Waals surface area contributed by atoms with Crippen molar-refractivity contribution in [3.8, 4) is 0 Å². The van der Waals surface area contributed by atoms with E-state index in [-0.39, 0.29) is 37.6 Å². The summed E-state index contributed by atoms with van der Waals surface area (Å²) in [5, 5.41) is 0.348. The number of hydrogen-bond acceptors (Lipinski definition) is 3. The molecule has 2 unspecified atom stereocenters. The average molecular weight is 341 g/mol. The molecular formula is C15H15ClF2N4O. The van der Waals surface area contributed by atoms with Crippen LogP contribution in [0.25, 0.3) is 5.52 Å². The zero-order valence-corrected chi connectivity index (χ0v) is 13.0. The molecule has 1 amide bonds. The van der Waals surface area contributed by atoms with Gasteiger partial charge in [-0.15, -0.1) is 0 Å². The SMILES string of the molecule is O=C1CCC(F)(F)C2CCC(c3ncc4c(Cl)nccn34)CN12. The van der Waals surface area contributed by atoms with E-state index < -0.39 is 12.0 Å². The number of carbonyl (C=O) groups is 1. The smallest absolute Gasteiger partial charge is 0.268 e. The molecule has 0 aromatic carbocycles. The highest BCUT2D eigenvalue weighted by Crippen LogP contribution is 2.42. The van der Waals surface area contributed by atoms with E-state index in [9.17, 15) is 13.6 Å². The molecule has 8 heteroatoms. The molecule has 2 atom stereocenters. The Morgan fingerprint density at radius 1 is 1.30 bits per heavy atom. The van der Waals surface area contributed by atoms with Crippen LogP contribution in [0.5, 0.6) is 0 Å². The predicted octanol–water partition coefficient (Wildman–Crippen LogP) is 2.89. The maximum Gasteiger partial charge on any atom is 0.268 e. The van der Waals surface area contributed by atoms with Crippen molar-refractivity contribution in [1.82, 2.24) is 19.3 Å². The minimum absolute atomic E-state index is 0.0786. The lowest BCUT2D eigenvalue weighted by Crippen LogP contribution is -2.58. The topological polar surface area (TPSA) is 50.5 Å². The second-order valence-electron chi connectivity index (χ2n) is 6.19. The van der Waals surface area contributed by atoms with Gasteiger partial charge >= 0.3 is 0 Å². The Balaban J connectivity index is 1.67. The molecule has 4 rings (SSSR count). The van der Waals surface area contributed by atoms with E-state index in [0.29, 0.717) is 17.1 Å². The van der Waals surface area contributed by atoms with Crippen LogP contribution in [0.1, 0.15) is 37.4 Å². The third-order valence-corrected chi connectivity index (χ3v) is 5.16. The number of hydrogen-bond donors (Lipinski definition) is 0. The first-order valence-electron chi connectivity index (χ1n) is 7.62. The van der Waals surface area contributed by atoms with Crippen molar-refractivity contribution in [2.75, 3.05) is 6.54 Å². The zero-order valence-electron chi connectivity index (χ0n) is 12.3. The van der Waals surface area contributed by atoms with E-state index in [1.165, 1.54) is 4.90 Å². The molecule has 2 fully saturated rings. The van der Waals surface area contributed by atoms with Crippen molar-refractivity contribution in [3.63, 3.8) is 0 Å². The van der Waals surface area contributed by atoms with Crippen molar-refractivity contribution in [3.05, 3.63) is 29.6 Å². The first kappa shape index (κ1) is 14.8. The number of rotatable bonds is 1. The Morgan fingerprint density at radius 3 is 2.96 bits per heavy atom. The Morgan fingerprint density at radius 2 is 2.13 bits per heavy atom. The molecule has 4 heterocycles. The summed E-state index contributed by atoms with van der Waals surface area (Å²) in [7, 11) is 0. The standard InChI is InChI=1S/C15H15ClF2N4O/c16-13-10-7-20-14(21(10)6-5-19-13)9-1-2-11-15(17,18)4-3-12(23)22(11)8-9/h5-7,9,11H,1-4,8H2. The van der Waals surface area contributed by atoms with Crippen molar-refractivity contribution in [2.45, 2.75) is 43.6 Å². The molecule has 2 aliphatic heterocycles. The normalized spacial score (nSPS) is 27.3. The van der Waals surface area contributed by atoms with Crippen molar-refractivity contribution in [1.29, 1.82) is 0 Å². The minimum Gasteiger partial charge on any atom is -0.333 e. The quantitative estimate of drug-likeness (QED) is 0.802. The lowest BCUT2D eigenvalue weighted by atomic mass is 9.84. The molecule has 0 radical (unpaired) electrons. The number of amides is 1. The molecule has 0 spiro atoms. The molecular weight excluding hydrogens is 326 g/mol. The Hall–Kier alpha value is -1.76. The Bertz CT molecular complexity index is 778. The van der Waals surface area contributed by atoms with E-state index in [1.807, 2.05) is 4.40 Å². The van der Waals surface area contributed by atoms with Crippen molar-refractivity contribution in [2.24, 2.45) is 0 Å². The summed E-state index contributed by atoms with van der Waals surface area (Å²) >= 11 is 6.04. The Kier molecular flexibility index (Phi) is 3.30. The highest BCUT2D eigenvalue weighted by molar-refractivity contribution is 6.32. The van der Waals surface area contributed by atoms with Gasteiger partial charge in [0.1, 0.15) is 11.3 Å². The zero-order chi connectivity index (χ0) is 16.2. The number of alkyl halides is 2. The van der Waals surface area contributed by atoms with E-state index in [2.05, 4.69) is 9.97 Å². The van der Waals surface area contributed by atoms with Gasteiger partial charge in [0.05, 0.1) is 12.2 Å². The van der Waals surface area contributed by atoms with E-state index in [4.69, 9.17) is 11.6 Å². The van der Waals surface area contributed by atoms with Crippen molar-refractivity contribution < 1.29 is 13.6 Å². The predicted molar refractivity (Wildman–Crippen MR) is 79.7 cm³/mol. The lowest BCUT2D eigenvalue weighted by molar-refractivity contribution is -0.166. The molecule has 0 aliphatic carbocycles. The molecule has 2 aromatic rings. The number of imidazole rings is 1.